The molecule has 0 spiro atoms. The van der Waals surface area contributed by atoms with E-state index >= 15 is 0 Å². The molecule has 0 aromatic carbocycles. The van der Waals surface area contributed by atoms with Gasteiger partial charge in [-0.15, -0.1) is 0 Å². The van der Waals surface area contributed by atoms with Crippen LogP contribution in [0, 0.1) is 5.92 Å². The fourth-order valence-corrected chi connectivity index (χ4v) is 3.26. The standard InChI is InChI=1S/C12H20N4O3S/c1-3-5-8-11(20(13,18)19)10(16-15-8)12(17)14-9-6-7(9)4-2/h7,9H,3-6H2,1-2H3,(H,14,17)(H,15,16)(H2,13,18,19). The maximum absolute atomic E-state index is 12.1. The van der Waals surface area contributed by atoms with E-state index < -0.39 is 15.9 Å². The fraction of sp³-hybridized carbons (Fsp3) is 0.667. The number of carbonyl (C=O) groups is 1. The third kappa shape index (κ3) is 3.01. The maximum atomic E-state index is 12.1. The summed E-state index contributed by atoms with van der Waals surface area (Å²) in [7, 11) is -3.98. The van der Waals surface area contributed by atoms with Crippen molar-refractivity contribution in [1.29, 1.82) is 0 Å². The van der Waals surface area contributed by atoms with E-state index in [1.54, 1.807) is 0 Å². The molecule has 0 aliphatic heterocycles. The smallest absolute Gasteiger partial charge is 0.273 e. The summed E-state index contributed by atoms with van der Waals surface area (Å²) in [6.07, 6.45) is 3.13. The van der Waals surface area contributed by atoms with Crippen LogP contribution in [0.4, 0.5) is 0 Å². The van der Waals surface area contributed by atoms with Crippen LogP contribution in [-0.2, 0) is 16.4 Å². The van der Waals surface area contributed by atoms with Crippen LogP contribution in [0.1, 0.15) is 49.3 Å². The number of carbonyl (C=O) groups excluding carboxylic acids is 1. The van der Waals surface area contributed by atoms with Crippen molar-refractivity contribution in [3.8, 4) is 0 Å². The van der Waals surface area contributed by atoms with Crippen molar-refractivity contribution < 1.29 is 13.2 Å². The van der Waals surface area contributed by atoms with Crippen molar-refractivity contribution in [2.24, 2.45) is 11.1 Å². The van der Waals surface area contributed by atoms with E-state index in [2.05, 4.69) is 22.4 Å². The second-order valence-electron chi connectivity index (χ2n) is 5.16. The van der Waals surface area contributed by atoms with E-state index in [1.807, 2.05) is 6.92 Å². The first-order chi connectivity index (χ1) is 9.38. The first-order valence-electron chi connectivity index (χ1n) is 6.79. The van der Waals surface area contributed by atoms with Gasteiger partial charge in [0.15, 0.2) is 5.69 Å². The van der Waals surface area contributed by atoms with Gasteiger partial charge in [-0.05, 0) is 18.8 Å². The van der Waals surface area contributed by atoms with Crippen LogP contribution in [0.2, 0.25) is 0 Å². The number of sulfonamides is 1. The zero-order valence-corrected chi connectivity index (χ0v) is 12.5. The van der Waals surface area contributed by atoms with Gasteiger partial charge >= 0.3 is 0 Å². The van der Waals surface area contributed by atoms with Gasteiger partial charge in [-0.2, -0.15) is 5.10 Å². The lowest BCUT2D eigenvalue weighted by atomic mass is 10.2. The van der Waals surface area contributed by atoms with Gasteiger partial charge < -0.3 is 5.32 Å². The summed E-state index contributed by atoms with van der Waals surface area (Å²) in [4.78, 5) is 12.0. The lowest BCUT2D eigenvalue weighted by Gasteiger charge is -2.04. The van der Waals surface area contributed by atoms with Crippen molar-refractivity contribution in [1.82, 2.24) is 15.5 Å². The van der Waals surface area contributed by atoms with E-state index in [0.717, 1.165) is 19.3 Å². The molecule has 7 nitrogen and oxygen atoms in total. The number of rotatable bonds is 6. The van der Waals surface area contributed by atoms with E-state index in [-0.39, 0.29) is 16.6 Å². The van der Waals surface area contributed by atoms with Gasteiger partial charge in [0, 0.05) is 6.04 Å². The Kier molecular flexibility index (Phi) is 4.14. The molecule has 0 saturated heterocycles. The number of H-pyrrole nitrogens is 1. The average molecular weight is 300 g/mol. The Morgan fingerprint density at radius 1 is 1.50 bits per heavy atom. The predicted molar refractivity (Wildman–Crippen MR) is 73.6 cm³/mol. The SMILES string of the molecule is CCCc1[nH]nc(C(=O)NC2CC2CC)c1S(N)(=O)=O. The molecule has 0 radical (unpaired) electrons. The Labute approximate surface area is 118 Å². The number of aromatic nitrogens is 2. The number of hydrogen-bond donors (Lipinski definition) is 3. The van der Waals surface area contributed by atoms with Crippen molar-refractivity contribution >= 4 is 15.9 Å². The number of amides is 1. The molecule has 1 aromatic rings. The van der Waals surface area contributed by atoms with Crippen molar-refractivity contribution in [2.45, 2.75) is 50.5 Å². The molecule has 2 unspecified atom stereocenters. The van der Waals surface area contributed by atoms with Crippen LogP contribution >= 0.6 is 0 Å². The molecule has 8 heteroatoms. The molecule has 1 saturated carbocycles. The maximum Gasteiger partial charge on any atom is 0.273 e. The number of hydrogen-bond acceptors (Lipinski definition) is 4. The number of aryl methyl sites for hydroxylation is 1. The van der Waals surface area contributed by atoms with E-state index in [1.165, 1.54) is 0 Å². The van der Waals surface area contributed by atoms with Gasteiger partial charge in [0.05, 0.1) is 5.69 Å². The number of nitrogens with zero attached hydrogens (tertiary/aromatic N) is 1. The molecule has 1 fully saturated rings. The van der Waals surface area contributed by atoms with E-state index in [0.29, 0.717) is 18.0 Å². The highest BCUT2D eigenvalue weighted by Gasteiger charge is 2.38. The number of primary sulfonamides is 1. The van der Waals surface area contributed by atoms with Crippen LogP contribution < -0.4 is 10.5 Å². The van der Waals surface area contributed by atoms with Crippen LogP contribution in [0.15, 0.2) is 4.90 Å². The molecule has 20 heavy (non-hydrogen) atoms. The summed E-state index contributed by atoms with van der Waals surface area (Å²) in [5.74, 6) is -0.000448. The highest BCUT2D eigenvalue weighted by atomic mass is 32.2. The highest BCUT2D eigenvalue weighted by molar-refractivity contribution is 7.89. The van der Waals surface area contributed by atoms with Gasteiger partial charge in [0.2, 0.25) is 10.0 Å². The van der Waals surface area contributed by atoms with Crippen molar-refractivity contribution in [3.05, 3.63) is 11.4 Å². The van der Waals surface area contributed by atoms with Crippen LogP contribution in [-0.4, -0.2) is 30.6 Å². The molecule has 4 N–H and O–H groups in total. The fourth-order valence-electron chi connectivity index (χ4n) is 2.36. The second kappa shape index (κ2) is 5.53. The molecule has 1 aliphatic carbocycles. The van der Waals surface area contributed by atoms with Gasteiger partial charge in [0.25, 0.3) is 5.91 Å². The minimum Gasteiger partial charge on any atom is -0.348 e. The van der Waals surface area contributed by atoms with Gasteiger partial charge in [-0.25, -0.2) is 13.6 Å². The first-order valence-corrected chi connectivity index (χ1v) is 8.34. The van der Waals surface area contributed by atoms with Crippen LogP contribution in [0.5, 0.6) is 0 Å². The predicted octanol–water partition coefficient (Wildman–Crippen LogP) is 0.538. The summed E-state index contributed by atoms with van der Waals surface area (Å²) in [5, 5.41) is 14.4. The molecule has 112 valence electrons. The molecular formula is C12H20N4O3S. The third-order valence-corrected chi connectivity index (χ3v) is 4.56. The summed E-state index contributed by atoms with van der Waals surface area (Å²) >= 11 is 0. The molecule has 1 heterocycles. The topological polar surface area (TPSA) is 118 Å². The summed E-state index contributed by atoms with van der Waals surface area (Å²) in [6, 6.07) is 0.118. The minimum absolute atomic E-state index is 0.118. The second-order valence-corrected chi connectivity index (χ2v) is 6.66. The molecule has 1 aliphatic rings. The largest absolute Gasteiger partial charge is 0.348 e. The minimum atomic E-state index is -3.98. The van der Waals surface area contributed by atoms with Gasteiger partial charge in [-0.1, -0.05) is 26.7 Å². The van der Waals surface area contributed by atoms with Crippen LogP contribution in [0.3, 0.4) is 0 Å². The lowest BCUT2D eigenvalue weighted by molar-refractivity contribution is 0.0940. The number of aromatic amines is 1. The lowest BCUT2D eigenvalue weighted by Crippen LogP contribution is -2.29. The Hall–Kier alpha value is -1.41. The zero-order chi connectivity index (χ0) is 14.9. The van der Waals surface area contributed by atoms with E-state index in [4.69, 9.17) is 5.14 Å². The Morgan fingerprint density at radius 3 is 2.70 bits per heavy atom. The summed E-state index contributed by atoms with van der Waals surface area (Å²) in [5.41, 5.74) is 0.265. The van der Waals surface area contributed by atoms with E-state index in [9.17, 15) is 13.2 Å². The Bertz CT molecular complexity index is 608. The number of nitrogens with one attached hydrogen (secondary N) is 2. The molecule has 1 amide bonds. The normalized spacial score (nSPS) is 21.8. The molecule has 0 bridgehead atoms. The first kappa shape index (κ1) is 15.0. The zero-order valence-electron chi connectivity index (χ0n) is 11.6. The quantitative estimate of drug-likeness (QED) is 0.710. The molecule has 2 atom stereocenters. The van der Waals surface area contributed by atoms with Crippen molar-refractivity contribution in [2.75, 3.05) is 0 Å². The summed E-state index contributed by atoms with van der Waals surface area (Å²) in [6.45, 7) is 3.96. The van der Waals surface area contributed by atoms with Crippen molar-refractivity contribution in [3.63, 3.8) is 0 Å². The highest BCUT2D eigenvalue weighted by Crippen LogP contribution is 2.33. The average Bonchev–Trinajstić information content (AvgIpc) is 2.95. The van der Waals surface area contributed by atoms with Gasteiger partial charge in [-0.3, -0.25) is 9.89 Å². The Morgan fingerprint density at radius 2 is 2.20 bits per heavy atom. The van der Waals surface area contributed by atoms with Crippen LogP contribution in [0.25, 0.3) is 0 Å². The monoisotopic (exact) mass is 300 g/mol. The number of nitrogens with two attached hydrogens (primary N) is 1. The molecular weight excluding hydrogens is 280 g/mol. The third-order valence-electron chi connectivity index (χ3n) is 3.55. The molecule has 1 aromatic heterocycles. The van der Waals surface area contributed by atoms with Gasteiger partial charge in [0.1, 0.15) is 4.90 Å². The molecule has 2 rings (SSSR count). The Balaban J connectivity index is 2.25. The summed E-state index contributed by atoms with van der Waals surface area (Å²) < 4.78 is 23.3.